The summed E-state index contributed by atoms with van der Waals surface area (Å²) >= 11 is 1.65. The molecule has 0 spiro atoms. The lowest BCUT2D eigenvalue weighted by Crippen LogP contribution is -1.97. The Balaban J connectivity index is 2.14. The molecule has 1 aromatic heterocycles. The topological polar surface area (TPSA) is 43.1 Å². The SMILES string of the molecule is CCc1ccc(CS(=O)c2ccc(N)c(F)c2)s1. The maximum absolute atomic E-state index is 13.3. The molecule has 2 aromatic rings. The van der Waals surface area contributed by atoms with Crippen LogP contribution in [0.4, 0.5) is 10.1 Å². The van der Waals surface area contributed by atoms with Gasteiger partial charge in [-0.1, -0.05) is 6.92 Å². The average molecular weight is 283 g/mol. The number of rotatable bonds is 4. The van der Waals surface area contributed by atoms with E-state index in [0.29, 0.717) is 10.6 Å². The second-order valence-electron chi connectivity index (χ2n) is 3.89. The first-order valence-electron chi connectivity index (χ1n) is 5.61. The van der Waals surface area contributed by atoms with Crippen LogP contribution < -0.4 is 5.73 Å². The molecule has 5 heteroatoms. The molecule has 18 heavy (non-hydrogen) atoms. The third-order valence-electron chi connectivity index (χ3n) is 2.57. The van der Waals surface area contributed by atoms with Crippen LogP contribution in [0.2, 0.25) is 0 Å². The number of hydrogen-bond acceptors (Lipinski definition) is 3. The minimum Gasteiger partial charge on any atom is -0.396 e. The third kappa shape index (κ3) is 2.97. The standard InChI is InChI=1S/C13H14FNOS2/c1-2-9-3-4-10(17-9)8-18(16)11-5-6-13(15)12(14)7-11/h3-7H,2,8,15H2,1H3. The highest BCUT2D eigenvalue weighted by Gasteiger charge is 2.09. The number of hydrogen-bond donors (Lipinski definition) is 1. The Bertz CT molecular complexity index is 580. The highest BCUT2D eigenvalue weighted by molar-refractivity contribution is 7.84. The van der Waals surface area contributed by atoms with Crippen molar-refractivity contribution in [2.24, 2.45) is 0 Å². The minimum atomic E-state index is -1.23. The quantitative estimate of drug-likeness (QED) is 0.875. The first kappa shape index (κ1) is 13.2. The van der Waals surface area contributed by atoms with Crippen LogP contribution in [0.1, 0.15) is 16.7 Å². The van der Waals surface area contributed by atoms with Crippen molar-refractivity contribution in [2.45, 2.75) is 24.0 Å². The normalized spacial score (nSPS) is 12.6. The number of nitrogen functional groups attached to an aromatic ring is 1. The van der Waals surface area contributed by atoms with Gasteiger partial charge in [-0.3, -0.25) is 4.21 Å². The molecule has 0 bridgehead atoms. The van der Waals surface area contributed by atoms with Crippen molar-refractivity contribution in [3.63, 3.8) is 0 Å². The number of nitrogens with two attached hydrogens (primary N) is 1. The van der Waals surface area contributed by atoms with Crippen molar-refractivity contribution in [2.75, 3.05) is 5.73 Å². The highest BCUT2D eigenvalue weighted by atomic mass is 32.2. The molecular formula is C13H14FNOS2. The van der Waals surface area contributed by atoms with E-state index in [0.717, 1.165) is 11.3 Å². The third-order valence-corrected chi connectivity index (χ3v) is 5.34. The maximum atomic E-state index is 13.3. The summed E-state index contributed by atoms with van der Waals surface area (Å²) < 4.78 is 25.4. The molecule has 1 atom stereocenters. The predicted octanol–water partition coefficient (Wildman–Crippen LogP) is 3.34. The van der Waals surface area contributed by atoms with Crippen LogP contribution in [0.5, 0.6) is 0 Å². The van der Waals surface area contributed by atoms with Gasteiger partial charge in [-0.2, -0.15) is 0 Å². The predicted molar refractivity (Wildman–Crippen MR) is 74.6 cm³/mol. The molecule has 1 heterocycles. The first-order valence-corrected chi connectivity index (χ1v) is 7.74. The summed E-state index contributed by atoms with van der Waals surface area (Å²) in [6.45, 7) is 2.09. The molecule has 0 radical (unpaired) electrons. The molecule has 2 rings (SSSR count). The second kappa shape index (κ2) is 5.63. The van der Waals surface area contributed by atoms with E-state index in [2.05, 4.69) is 6.92 Å². The van der Waals surface area contributed by atoms with Gasteiger partial charge in [0.15, 0.2) is 0 Å². The molecule has 0 aliphatic rings. The summed E-state index contributed by atoms with van der Waals surface area (Å²) in [4.78, 5) is 2.81. The summed E-state index contributed by atoms with van der Waals surface area (Å²) in [7, 11) is -1.23. The van der Waals surface area contributed by atoms with E-state index in [1.807, 2.05) is 12.1 Å². The van der Waals surface area contributed by atoms with Gasteiger partial charge in [-0.25, -0.2) is 4.39 Å². The van der Waals surface area contributed by atoms with Crippen LogP contribution in [-0.4, -0.2) is 4.21 Å². The van der Waals surface area contributed by atoms with E-state index in [9.17, 15) is 8.60 Å². The smallest absolute Gasteiger partial charge is 0.147 e. The largest absolute Gasteiger partial charge is 0.396 e. The van der Waals surface area contributed by atoms with E-state index in [-0.39, 0.29) is 5.69 Å². The summed E-state index contributed by atoms with van der Waals surface area (Å²) in [5, 5.41) is 0. The van der Waals surface area contributed by atoms with Gasteiger partial charge in [-0.05, 0) is 36.8 Å². The summed E-state index contributed by atoms with van der Waals surface area (Å²) in [6.07, 6.45) is 0.980. The monoisotopic (exact) mass is 283 g/mol. The number of benzene rings is 1. The number of anilines is 1. The lowest BCUT2D eigenvalue weighted by molar-refractivity contribution is 0.627. The highest BCUT2D eigenvalue weighted by Crippen LogP contribution is 2.22. The fraction of sp³-hybridized carbons (Fsp3) is 0.231. The molecular weight excluding hydrogens is 269 g/mol. The molecule has 2 nitrogen and oxygen atoms in total. The molecule has 0 aliphatic carbocycles. The van der Waals surface area contributed by atoms with E-state index in [1.165, 1.54) is 17.0 Å². The Morgan fingerprint density at radius 3 is 2.61 bits per heavy atom. The van der Waals surface area contributed by atoms with Crippen molar-refractivity contribution in [3.8, 4) is 0 Å². The van der Waals surface area contributed by atoms with Crippen LogP contribution in [0.3, 0.4) is 0 Å². The van der Waals surface area contributed by atoms with E-state index >= 15 is 0 Å². The van der Waals surface area contributed by atoms with E-state index in [4.69, 9.17) is 5.73 Å². The maximum Gasteiger partial charge on any atom is 0.147 e. The molecule has 1 aromatic carbocycles. The van der Waals surface area contributed by atoms with Crippen molar-refractivity contribution in [3.05, 3.63) is 45.9 Å². The zero-order chi connectivity index (χ0) is 13.1. The van der Waals surface area contributed by atoms with Crippen molar-refractivity contribution < 1.29 is 8.60 Å². The second-order valence-corrected chi connectivity index (χ2v) is 6.60. The molecule has 1 unspecified atom stereocenters. The summed E-state index contributed by atoms with van der Waals surface area (Å²) in [5.74, 6) is -0.0881. The summed E-state index contributed by atoms with van der Waals surface area (Å²) in [5.41, 5.74) is 5.47. The first-order chi connectivity index (χ1) is 8.60. The van der Waals surface area contributed by atoms with Gasteiger partial charge in [0, 0.05) is 14.6 Å². The Morgan fingerprint density at radius 2 is 2.00 bits per heavy atom. The zero-order valence-electron chi connectivity index (χ0n) is 9.98. The molecule has 0 amide bonds. The molecule has 2 N–H and O–H groups in total. The molecule has 0 saturated heterocycles. The van der Waals surface area contributed by atoms with Crippen LogP contribution in [-0.2, 0) is 23.0 Å². The van der Waals surface area contributed by atoms with E-state index in [1.54, 1.807) is 17.4 Å². The van der Waals surface area contributed by atoms with Gasteiger partial charge in [0.25, 0.3) is 0 Å². The average Bonchev–Trinajstić information content (AvgIpc) is 2.80. The van der Waals surface area contributed by atoms with Gasteiger partial charge < -0.3 is 5.73 Å². The van der Waals surface area contributed by atoms with Crippen LogP contribution in [0, 0.1) is 5.82 Å². The molecule has 0 saturated carbocycles. The van der Waals surface area contributed by atoms with Crippen LogP contribution in [0.15, 0.2) is 35.2 Å². The number of aryl methyl sites for hydroxylation is 1. The Hall–Kier alpha value is -1.20. The van der Waals surface area contributed by atoms with Crippen LogP contribution in [0.25, 0.3) is 0 Å². The molecule has 0 aliphatic heterocycles. The molecule has 96 valence electrons. The van der Waals surface area contributed by atoms with Gasteiger partial charge in [-0.15, -0.1) is 11.3 Å². The summed E-state index contributed by atoms with van der Waals surface area (Å²) in [6, 6.07) is 8.34. The Morgan fingerprint density at radius 1 is 1.28 bits per heavy atom. The van der Waals surface area contributed by atoms with Gasteiger partial charge in [0.05, 0.1) is 22.2 Å². The van der Waals surface area contributed by atoms with Crippen molar-refractivity contribution >= 4 is 27.8 Å². The zero-order valence-corrected chi connectivity index (χ0v) is 11.6. The lowest BCUT2D eigenvalue weighted by atomic mass is 10.3. The van der Waals surface area contributed by atoms with Gasteiger partial charge in [0.2, 0.25) is 0 Å². The fourth-order valence-electron chi connectivity index (χ4n) is 1.55. The van der Waals surface area contributed by atoms with Crippen LogP contribution >= 0.6 is 11.3 Å². The van der Waals surface area contributed by atoms with Crippen molar-refractivity contribution in [1.29, 1.82) is 0 Å². The number of thiophene rings is 1. The molecule has 0 fully saturated rings. The van der Waals surface area contributed by atoms with Gasteiger partial charge in [0.1, 0.15) is 5.82 Å². The van der Waals surface area contributed by atoms with Gasteiger partial charge >= 0.3 is 0 Å². The fourth-order valence-corrected chi connectivity index (χ4v) is 3.84. The Labute approximate surface area is 112 Å². The van der Waals surface area contributed by atoms with Crippen molar-refractivity contribution in [1.82, 2.24) is 0 Å². The number of halogens is 1. The van der Waals surface area contributed by atoms with E-state index < -0.39 is 16.6 Å². The lowest BCUT2D eigenvalue weighted by Gasteiger charge is -2.02. The minimum absolute atomic E-state index is 0.0835. The Kier molecular flexibility index (Phi) is 4.14.